The van der Waals surface area contributed by atoms with Crippen molar-refractivity contribution in [3.05, 3.63) is 72.5 Å². The molecule has 0 unspecified atom stereocenters. The molecule has 18 nitrogen and oxygen atoms in total. The number of anilines is 4. The number of H-pyrrole nitrogens is 2. The fraction of sp³-hybridized carbons (Fsp3) is 0.368. The minimum absolute atomic E-state index is 0.0889. The lowest BCUT2D eigenvalue weighted by molar-refractivity contribution is -0.130. The van der Waals surface area contributed by atoms with E-state index in [0.29, 0.717) is 56.6 Å². The number of hydrogen-bond acceptors (Lipinski definition) is 12. The highest BCUT2D eigenvalue weighted by atomic mass is 35.5. The average Bonchev–Trinajstić information content (AvgIpc) is 4.07. The Hall–Kier alpha value is -6.28. The standard InChI is InChI=1S/2C19H21ClFN7O2/c2*1-3-15(29)27-6-5-13(21)14(10-27)30-18-16-12(20)8-22-17(16)25-19(26-18)24-11-7-23-28(4-2)9-11/h2*3,7-9,13-14H,1,4-6,10H2,2H3,(H2,22,24,25,26)/t2*13-,14-/m10/s1. The number of aromatic amines is 2. The zero-order chi connectivity index (χ0) is 42.5. The summed E-state index contributed by atoms with van der Waals surface area (Å²) in [6, 6.07) is 0. The van der Waals surface area contributed by atoms with Gasteiger partial charge in [-0.05, 0) is 38.8 Å². The molecule has 60 heavy (non-hydrogen) atoms. The zero-order valence-corrected chi connectivity index (χ0v) is 34.1. The summed E-state index contributed by atoms with van der Waals surface area (Å²) in [6.07, 6.45) is 8.53. The van der Waals surface area contributed by atoms with E-state index in [0.717, 1.165) is 13.1 Å². The van der Waals surface area contributed by atoms with Gasteiger partial charge in [0, 0.05) is 51.0 Å². The highest BCUT2D eigenvalue weighted by Gasteiger charge is 2.35. The van der Waals surface area contributed by atoms with Crippen LogP contribution in [0.25, 0.3) is 22.1 Å². The molecule has 2 aliphatic heterocycles. The number of likely N-dealkylation sites (tertiary alicyclic amines) is 2. The van der Waals surface area contributed by atoms with E-state index in [9.17, 15) is 18.4 Å². The quantitative estimate of drug-likeness (QED) is 0.102. The van der Waals surface area contributed by atoms with Gasteiger partial charge in [0.05, 0.1) is 57.7 Å². The average molecular weight is 868 g/mol. The first-order chi connectivity index (χ1) is 29.0. The highest BCUT2D eigenvalue weighted by molar-refractivity contribution is 6.36. The minimum atomic E-state index is -1.25. The topological polar surface area (TPSA) is 202 Å². The van der Waals surface area contributed by atoms with Crippen molar-refractivity contribution in [2.75, 3.05) is 36.8 Å². The molecule has 0 saturated carbocycles. The highest BCUT2D eigenvalue weighted by Crippen LogP contribution is 2.35. The Bertz CT molecular complexity index is 2330. The number of alkyl halides is 2. The molecule has 4 N–H and O–H groups in total. The summed E-state index contributed by atoms with van der Waals surface area (Å²) in [4.78, 5) is 50.4. The summed E-state index contributed by atoms with van der Waals surface area (Å²) >= 11 is 12.5. The molecule has 0 radical (unpaired) electrons. The maximum atomic E-state index is 14.6. The molecule has 4 atom stereocenters. The van der Waals surface area contributed by atoms with Gasteiger partial charge in [-0.3, -0.25) is 19.0 Å². The summed E-state index contributed by atoms with van der Waals surface area (Å²) < 4.78 is 44.6. The third-order valence-electron chi connectivity index (χ3n) is 9.78. The third-order valence-corrected chi connectivity index (χ3v) is 10.4. The van der Waals surface area contributed by atoms with Crippen molar-refractivity contribution < 1.29 is 27.8 Å². The predicted molar refractivity (Wildman–Crippen MR) is 222 cm³/mol. The van der Waals surface area contributed by atoms with Gasteiger partial charge in [-0.15, -0.1) is 0 Å². The number of ether oxygens (including phenoxy) is 2. The second kappa shape index (κ2) is 18.3. The first kappa shape index (κ1) is 41.9. The fourth-order valence-electron chi connectivity index (χ4n) is 6.61. The van der Waals surface area contributed by atoms with Crippen LogP contribution in [0.15, 0.2) is 62.5 Å². The molecule has 2 saturated heterocycles. The van der Waals surface area contributed by atoms with Gasteiger partial charge in [0.15, 0.2) is 0 Å². The first-order valence-electron chi connectivity index (χ1n) is 19.1. The number of aryl methyl sites for hydroxylation is 2. The van der Waals surface area contributed by atoms with Gasteiger partial charge in [0.1, 0.15) is 35.8 Å². The van der Waals surface area contributed by atoms with Crippen molar-refractivity contribution in [1.82, 2.24) is 59.3 Å². The van der Waals surface area contributed by atoms with Gasteiger partial charge in [0.2, 0.25) is 35.5 Å². The Labute approximate surface area is 351 Å². The second-order valence-electron chi connectivity index (χ2n) is 13.7. The van der Waals surface area contributed by atoms with Crippen LogP contribution >= 0.6 is 23.2 Å². The lowest BCUT2D eigenvalue weighted by Crippen LogP contribution is -2.49. The molecule has 2 fully saturated rings. The number of nitrogens with zero attached hydrogens (tertiary/aromatic N) is 10. The van der Waals surface area contributed by atoms with Crippen LogP contribution in [0.2, 0.25) is 10.0 Å². The minimum Gasteiger partial charge on any atom is -0.469 e. The summed E-state index contributed by atoms with van der Waals surface area (Å²) in [5.74, 6) is 0.236. The normalized spacial score (nSPS) is 19.1. The smallest absolute Gasteiger partial charge is 0.246 e. The molecule has 8 heterocycles. The summed E-state index contributed by atoms with van der Waals surface area (Å²) in [5.41, 5.74) is 2.29. The van der Waals surface area contributed by atoms with Crippen LogP contribution in [0.1, 0.15) is 26.7 Å². The molecule has 0 aliphatic carbocycles. The number of carbonyl (C=O) groups is 2. The van der Waals surface area contributed by atoms with E-state index in [4.69, 9.17) is 32.7 Å². The number of halogens is 4. The monoisotopic (exact) mass is 866 g/mol. The molecule has 2 amide bonds. The second-order valence-corrected chi connectivity index (χ2v) is 14.6. The Balaban J connectivity index is 0.000000181. The fourth-order valence-corrected chi connectivity index (χ4v) is 7.06. The molecular formula is C38H42Cl2F2N14O4. The maximum absolute atomic E-state index is 14.6. The molecule has 6 aromatic heterocycles. The van der Waals surface area contributed by atoms with Gasteiger partial charge in [0.25, 0.3) is 0 Å². The van der Waals surface area contributed by atoms with Crippen LogP contribution in [0.4, 0.5) is 32.1 Å². The van der Waals surface area contributed by atoms with E-state index in [1.807, 2.05) is 26.2 Å². The van der Waals surface area contributed by atoms with Crippen LogP contribution in [0.3, 0.4) is 0 Å². The van der Waals surface area contributed by atoms with Crippen molar-refractivity contribution in [2.45, 2.75) is 64.3 Å². The van der Waals surface area contributed by atoms with Gasteiger partial charge >= 0.3 is 0 Å². The number of piperidine rings is 2. The molecule has 0 spiro atoms. The van der Waals surface area contributed by atoms with Crippen molar-refractivity contribution in [2.24, 2.45) is 0 Å². The molecule has 8 rings (SSSR count). The van der Waals surface area contributed by atoms with Gasteiger partial charge < -0.3 is 39.9 Å². The Morgan fingerprint density at radius 1 is 0.767 bits per heavy atom. The first-order valence-corrected chi connectivity index (χ1v) is 19.8. The number of aromatic nitrogens is 10. The number of carbonyl (C=O) groups excluding carboxylic acids is 2. The van der Waals surface area contributed by atoms with Crippen molar-refractivity contribution in [1.29, 1.82) is 0 Å². The number of nitrogens with one attached hydrogen (secondary N) is 4. The van der Waals surface area contributed by atoms with Gasteiger partial charge in [-0.25, -0.2) is 8.78 Å². The van der Waals surface area contributed by atoms with Crippen LogP contribution < -0.4 is 20.1 Å². The molecule has 6 aromatic rings. The van der Waals surface area contributed by atoms with Crippen LogP contribution in [0.5, 0.6) is 11.8 Å². The van der Waals surface area contributed by atoms with E-state index >= 15 is 0 Å². The van der Waals surface area contributed by atoms with Gasteiger partial charge in [-0.1, -0.05) is 36.4 Å². The summed E-state index contributed by atoms with van der Waals surface area (Å²) in [5, 5.41) is 16.1. The van der Waals surface area contributed by atoms with Crippen LogP contribution in [-0.2, 0) is 22.7 Å². The lowest BCUT2D eigenvalue weighted by Gasteiger charge is -2.34. The van der Waals surface area contributed by atoms with Crippen molar-refractivity contribution >= 4 is 80.4 Å². The molecular weight excluding hydrogens is 825 g/mol. The third kappa shape index (κ3) is 9.28. The van der Waals surface area contributed by atoms with Gasteiger partial charge in [-0.2, -0.15) is 30.1 Å². The SMILES string of the molecule is C=CC(=O)N1CC[C@@H](F)[C@H](Oc2nc(Nc3cnn(CC)c3)nc3[nH]cc(Cl)c23)C1.C=CC(=O)N1CC[C@H](F)[C@@H](Oc2nc(Nc3cnn(CC)c3)nc3[nH]cc(Cl)c23)C1. The molecule has 316 valence electrons. The van der Waals surface area contributed by atoms with E-state index in [1.54, 1.807) is 34.2 Å². The number of fused-ring (bicyclic) bond motifs is 2. The largest absolute Gasteiger partial charge is 0.469 e. The van der Waals surface area contributed by atoms with E-state index in [2.05, 4.69) is 63.9 Å². The number of amides is 2. The summed E-state index contributed by atoms with van der Waals surface area (Å²) in [7, 11) is 0. The maximum Gasteiger partial charge on any atom is 0.246 e. The molecule has 0 bridgehead atoms. The van der Waals surface area contributed by atoms with Crippen molar-refractivity contribution in [3.8, 4) is 11.8 Å². The molecule has 0 aromatic carbocycles. The van der Waals surface area contributed by atoms with E-state index in [-0.39, 0.29) is 61.4 Å². The molecule has 22 heteroatoms. The summed E-state index contributed by atoms with van der Waals surface area (Å²) in [6.45, 7) is 13.2. The molecule has 2 aliphatic rings. The Kier molecular flexibility index (Phi) is 12.8. The van der Waals surface area contributed by atoms with Crippen molar-refractivity contribution in [3.63, 3.8) is 0 Å². The Morgan fingerprint density at radius 2 is 1.18 bits per heavy atom. The van der Waals surface area contributed by atoms with Crippen LogP contribution in [-0.4, -0.2) is 122 Å². The predicted octanol–water partition coefficient (Wildman–Crippen LogP) is 6.15. The van der Waals surface area contributed by atoms with Crippen LogP contribution in [0, 0.1) is 0 Å². The Morgan fingerprint density at radius 3 is 1.55 bits per heavy atom. The van der Waals surface area contributed by atoms with E-state index in [1.165, 1.54) is 22.0 Å². The number of hydrogen-bond donors (Lipinski definition) is 4. The number of rotatable bonds is 12. The zero-order valence-electron chi connectivity index (χ0n) is 32.6. The van der Waals surface area contributed by atoms with E-state index < -0.39 is 24.6 Å². The lowest BCUT2D eigenvalue weighted by atomic mass is 10.1.